The molecule has 4 rings (SSSR count). The number of hydrogen-bond acceptors (Lipinski definition) is 2. The molecule has 1 heterocycles. The number of nitriles is 1. The maximum Gasteiger partial charge on any atom is 0.268 e. The van der Waals surface area contributed by atoms with E-state index in [4.69, 9.17) is 0 Å². The standard InChI is InChI=1S/C22H17N3O/c1-14-9-11-16(12-10-14)24-22(26)18(13-23)21-17-7-3-5-15-6-4-8-19(20(15)17)25(21)2/h3-12H,1-2H3,(H,24,26)/b21-18+. The lowest BCUT2D eigenvalue weighted by Gasteiger charge is -2.05. The number of benzene rings is 3. The van der Waals surface area contributed by atoms with Crippen molar-refractivity contribution in [1.82, 2.24) is 4.57 Å². The number of amides is 1. The summed E-state index contributed by atoms with van der Waals surface area (Å²) in [5.41, 5.74) is 2.89. The van der Waals surface area contributed by atoms with Gasteiger partial charge in [-0.15, -0.1) is 0 Å². The first kappa shape index (κ1) is 15.9. The molecule has 0 spiro atoms. The lowest BCUT2D eigenvalue weighted by atomic mass is 10.1. The minimum Gasteiger partial charge on any atom is -0.342 e. The van der Waals surface area contributed by atoms with Crippen molar-refractivity contribution in [2.75, 3.05) is 5.32 Å². The van der Waals surface area contributed by atoms with Gasteiger partial charge < -0.3 is 9.88 Å². The van der Waals surface area contributed by atoms with Crippen molar-refractivity contribution < 1.29 is 4.79 Å². The Balaban J connectivity index is 1.95. The Labute approximate surface area is 150 Å². The molecule has 0 saturated heterocycles. The Morgan fingerprint density at radius 3 is 2.42 bits per heavy atom. The molecule has 1 amide bonds. The molecular formula is C22H17N3O. The van der Waals surface area contributed by atoms with Crippen LogP contribution in [0.2, 0.25) is 0 Å². The van der Waals surface area contributed by atoms with Crippen molar-refractivity contribution in [2.45, 2.75) is 6.92 Å². The third kappa shape index (κ3) is 2.42. The smallest absolute Gasteiger partial charge is 0.268 e. The summed E-state index contributed by atoms with van der Waals surface area (Å²) in [5.74, 6) is -0.400. The van der Waals surface area contributed by atoms with Crippen LogP contribution in [0.3, 0.4) is 0 Å². The number of nitrogens with one attached hydrogen (secondary N) is 1. The van der Waals surface area contributed by atoms with E-state index in [9.17, 15) is 10.1 Å². The summed E-state index contributed by atoms with van der Waals surface area (Å²) in [6.07, 6.45) is 0. The van der Waals surface area contributed by atoms with E-state index in [0.717, 1.165) is 27.2 Å². The molecule has 4 nitrogen and oxygen atoms in total. The highest BCUT2D eigenvalue weighted by molar-refractivity contribution is 6.26. The molecule has 0 bridgehead atoms. The zero-order valence-corrected chi connectivity index (χ0v) is 14.6. The molecular weight excluding hydrogens is 322 g/mol. The normalized spacial score (nSPS) is 12.2. The second-order valence-corrected chi connectivity index (χ2v) is 6.40. The van der Waals surface area contributed by atoms with E-state index in [1.165, 1.54) is 0 Å². The van der Waals surface area contributed by atoms with Crippen LogP contribution >= 0.6 is 0 Å². The van der Waals surface area contributed by atoms with Crippen molar-refractivity contribution in [3.63, 3.8) is 0 Å². The summed E-state index contributed by atoms with van der Waals surface area (Å²) >= 11 is 0. The van der Waals surface area contributed by atoms with Gasteiger partial charge in [0, 0.05) is 29.0 Å². The molecule has 0 radical (unpaired) electrons. The minimum absolute atomic E-state index is 0.108. The van der Waals surface area contributed by atoms with E-state index in [-0.39, 0.29) is 5.57 Å². The molecule has 0 unspecified atom stereocenters. The van der Waals surface area contributed by atoms with Crippen LogP contribution in [0.25, 0.3) is 27.2 Å². The molecule has 1 aromatic heterocycles. The van der Waals surface area contributed by atoms with Crippen molar-refractivity contribution in [2.24, 2.45) is 7.05 Å². The minimum atomic E-state index is -0.400. The molecule has 0 atom stereocenters. The first-order valence-corrected chi connectivity index (χ1v) is 8.38. The number of aryl methyl sites for hydroxylation is 2. The Hall–Kier alpha value is -3.58. The van der Waals surface area contributed by atoms with E-state index < -0.39 is 5.91 Å². The maximum atomic E-state index is 12.8. The van der Waals surface area contributed by atoms with Crippen LogP contribution in [0, 0.1) is 18.3 Å². The number of hydrogen-bond donors (Lipinski definition) is 1. The highest BCUT2D eigenvalue weighted by atomic mass is 16.1. The van der Waals surface area contributed by atoms with E-state index >= 15 is 0 Å². The van der Waals surface area contributed by atoms with Crippen LogP contribution in [-0.2, 0) is 11.8 Å². The lowest BCUT2D eigenvalue weighted by Crippen LogP contribution is -2.24. The van der Waals surface area contributed by atoms with Crippen molar-refractivity contribution in [3.05, 3.63) is 71.6 Å². The van der Waals surface area contributed by atoms with Crippen LogP contribution < -0.4 is 10.7 Å². The van der Waals surface area contributed by atoms with Gasteiger partial charge in [-0.05, 0) is 30.5 Å². The predicted octanol–water partition coefficient (Wildman–Crippen LogP) is 3.67. The van der Waals surface area contributed by atoms with Crippen LogP contribution in [0.1, 0.15) is 5.56 Å². The zero-order valence-electron chi connectivity index (χ0n) is 14.6. The summed E-state index contributed by atoms with van der Waals surface area (Å²) in [6, 6.07) is 21.6. The van der Waals surface area contributed by atoms with Crippen LogP contribution in [0.4, 0.5) is 5.69 Å². The molecule has 0 aliphatic carbocycles. The highest BCUT2D eigenvalue weighted by Gasteiger charge is 2.17. The molecule has 0 saturated carbocycles. The molecule has 0 aliphatic rings. The van der Waals surface area contributed by atoms with Gasteiger partial charge in [0.15, 0.2) is 0 Å². The van der Waals surface area contributed by atoms with Gasteiger partial charge in [0.1, 0.15) is 11.6 Å². The first-order chi connectivity index (χ1) is 12.6. The quantitative estimate of drug-likeness (QED) is 0.606. The second-order valence-electron chi connectivity index (χ2n) is 6.40. The van der Waals surface area contributed by atoms with E-state index in [0.29, 0.717) is 11.0 Å². The molecule has 4 aromatic rings. The third-order valence-electron chi connectivity index (χ3n) is 4.72. The van der Waals surface area contributed by atoms with Gasteiger partial charge in [0.2, 0.25) is 0 Å². The fourth-order valence-electron chi connectivity index (χ4n) is 3.44. The number of rotatable bonds is 2. The Morgan fingerprint density at radius 1 is 1.04 bits per heavy atom. The third-order valence-corrected chi connectivity index (χ3v) is 4.72. The number of carbonyl (C=O) groups excluding carboxylic acids is 1. The largest absolute Gasteiger partial charge is 0.342 e. The van der Waals surface area contributed by atoms with Crippen LogP contribution in [-0.4, -0.2) is 10.5 Å². The molecule has 4 heteroatoms. The van der Waals surface area contributed by atoms with Crippen LogP contribution in [0.15, 0.2) is 60.7 Å². The van der Waals surface area contributed by atoms with E-state index in [1.807, 2.05) is 79.2 Å². The Morgan fingerprint density at radius 2 is 1.73 bits per heavy atom. The summed E-state index contributed by atoms with van der Waals surface area (Å²) in [5, 5.41) is 16.3. The van der Waals surface area contributed by atoms with Crippen LogP contribution in [0.5, 0.6) is 0 Å². The van der Waals surface area contributed by atoms with Crippen molar-refractivity contribution in [1.29, 1.82) is 5.26 Å². The van der Waals surface area contributed by atoms with Gasteiger partial charge in [-0.25, -0.2) is 0 Å². The van der Waals surface area contributed by atoms with Gasteiger partial charge >= 0.3 is 0 Å². The Bertz CT molecular complexity index is 1240. The summed E-state index contributed by atoms with van der Waals surface area (Å²) in [7, 11) is 1.89. The fourth-order valence-corrected chi connectivity index (χ4v) is 3.44. The average molecular weight is 339 g/mol. The lowest BCUT2D eigenvalue weighted by molar-refractivity contribution is -0.111. The van der Waals surface area contributed by atoms with Gasteiger partial charge in [-0.1, -0.05) is 48.0 Å². The van der Waals surface area contributed by atoms with Gasteiger partial charge in [0.25, 0.3) is 5.91 Å². The van der Waals surface area contributed by atoms with E-state index in [2.05, 4.69) is 11.4 Å². The molecule has 0 aliphatic heterocycles. The monoisotopic (exact) mass is 339 g/mol. The number of aromatic nitrogens is 1. The number of anilines is 1. The van der Waals surface area contributed by atoms with Gasteiger partial charge in [-0.2, -0.15) is 5.26 Å². The highest BCUT2D eigenvalue weighted by Crippen LogP contribution is 2.25. The summed E-state index contributed by atoms with van der Waals surface area (Å²) in [6.45, 7) is 1.99. The average Bonchev–Trinajstić information content (AvgIpc) is 2.93. The topological polar surface area (TPSA) is 57.8 Å². The molecule has 26 heavy (non-hydrogen) atoms. The zero-order chi connectivity index (χ0) is 18.3. The fraction of sp³-hybridized carbons (Fsp3) is 0.0909. The molecule has 3 aromatic carbocycles. The number of carbonyl (C=O) groups is 1. The first-order valence-electron chi connectivity index (χ1n) is 8.38. The molecule has 0 fully saturated rings. The molecule has 1 N–H and O–H groups in total. The summed E-state index contributed by atoms with van der Waals surface area (Å²) in [4.78, 5) is 12.8. The maximum absolute atomic E-state index is 12.8. The molecule has 126 valence electrons. The predicted molar refractivity (Wildman–Crippen MR) is 104 cm³/mol. The summed E-state index contributed by atoms with van der Waals surface area (Å²) < 4.78 is 1.92. The SMILES string of the molecule is Cc1ccc(NC(=O)/C(C#N)=c2\c3cccc4cccc(c43)n2C)cc1. The Kier molecular flexibility index (Phi) is 3.70. The van der Waals surface area contributed by atoms with E-state index in [1.54, 1.807) is 0 Å². The van der Waals surface area contributed by atoms with Crippen molar-refractivity contribution in [3.8, 4) is 6.07 Å². The van der Waals surface area contributed by atoms with Gasteiger partial charge in [0.05, 0.1) is 5.35 Å². The van der Waals surface area contributed by atoms with Crippen molar-refractivity contribution >= 4 is 38.8 Å². The number of nitrogens with zero attached hydrogens (tertiary/aromatic N) is 2. The second kappa shape index (κ2) is 6.05. The van der Waals surface area contributed by atoms with Gasteiger partial charge in [-0.3, -0.25) is 4.79 Å².